The molecule has 1 aromatic rings. The predicted octanol–water partition coefficient (Wildman–Crippen LogP) is 1.98. The predicted molar refractivity (Wildman–Crippen MR) is 77.9 cm³/mol. The first kappa shape index (κ1) is 17.2. The fourth-order valence-electron chi connectivity index (χ4n) is 2.20. The first-order valence-electron chi connectivity index (χ1n) is 6.29. The lowest BCUT2D eigenvalue weighted by molar-refractivity contribution is 0.346. The summed E-state index contributed by atoms with van der Waals surface area (Å²) in [5, 5.41) is 0. The Morgan fingerprint density at radius 3 is 1.95 bits per heavy atom. The van der Waals surface area contributed by atoms with Crippen LogP contribution >= 0.6 is 7.60 Å². The van der Waals surface area contributed by atoms with E-state index in [2.05, 4.69) is 0 Å². The average Bonchev–Trinajstić information content (AvgIpc) is 2.34. The van der Waals surface area contributed by atoms with Gasteiger partial charge in [0.15, 0.2) is 14.8 Å². The van der Waals surface area contributed by atoms with E-state index in [1.54, 1.807) is 13.8 Å². The van der Waals surface area contributed by atoms with Crippen molar-refractivity contribution in [2.45, 2.75) is 36.6 Å². The van der Waals surface area contributed by atoms with Crippen LogP contribution in [0.5, 0.6) is 0 Å². The number of benzene rings is 1. The van der Waals surface area contributed by atoms with Crippen molar-refractivity contribution >= 4 is 23.1 Å². The standard InChI is InChI=1S/C12H20NO5PS/c1-3-9(4-2)12(19(14,15)16)20(17,18)11-7-5-10(13)6-8-11/h5-9,12H,3-4,13H2,1-2H3,(H2,14,15,16). The van der Waals surface area contributed by atoms with Crippen LogP contribution in [-0.4, -0.2) is 23.2 Å². The number of rotatable bonds is 6. The number of sulfone groups is 1. The smallest absolute Gasteiger partial charge is 0.344 e. The second kappa shape index (κ2) is 6.26. The molecule has 0 bridgehead atoms. The normalized spacial score (nSPS) is 14.4. The van der Waals surface area contributed by atoms with Gasteiger partial charge in [-0.3, -0.25) is 4.57 Å². The van der Waals surface area contributed by atoms with Gasteiger partial charge in [-0.2, -0.15) is 0 Å². The molecule has 0 aliphatic carbocycles. The fourth-order valence-corrected chi connectivity index (χ4v) is 6.67. The minimum atomic E-state index is -4.78. The molecule has 0 radical (unpaired) electrons. The highest BCUT2D eigenvalue weighted by Gasteiger charge is 2.45. The Morgan fingerprint density at radius 2 is 1.60 bits per heavy atom. The fraction of sp³-hybridized carbons (Fsp3) is 0.500. The Morgan fingerprint density at radius 1 is 1.15 bits per heavy atom. The van der Waals surface area contributed by atoms with Gasteiger partial charge in [0.1, 0.15) is 0 Å². The quantitative estimate of drug-likeness (QED) is 0.545. The van der Waals surface area contributed by atoms with E-state index in [0.29, 0.717) is 18.5 Å². The first-order chi connectivity index (χ1) is 9.14. The molecule has 4 N–H and O–H groups in total. The second-order valence-electron chi connectivity index (χ2n) is 4.67. The Hall–Kier alpha value is -0.880. The number of anilines is 1. The van der Waals surface area contributed by atoms with Gasteiger partial charge in [0, 0.05) is 5.69 Å². The summed E-state index contributed by atoms with van der Waals surface area (Å²) in [4.78, 5) is 17.1. The zero-order valence-electron chi connectivity index (χ0n) is 11.4. The van der Waals surface area contributed by atoms with E-state index in [1.165, 1.54) is 24.3 Å². The topological polar surface area (TPSA) is 118 Å². The largest absolute Gasteiger partial charge is 0.399 e. The zero-order valence-corrected chi connectivity index (χ0v) is 13.1. The molecule has 1 rings (SSSR count). The van der Waals surface area contributed by atoms with E-state index < -0.39 is 28.3 Å². The molecule has 6 nitrogen and oxygen atoms in total. The minimum absolute atomic E-state index is 0.119. The SMILES string of the molecule is CCC(CC)C(P(=O)(O)O)S(=O)(=O)c1ccc(N)cc1. The van der Waals surface area contributed by atoms with Crippen LogP contribution in [0.15, 0.2) is 29.2 Å². The van der Waals surface area contributed by atoms with Gasteiger partial charge >= 0.3 is 7.60 Å². The van der Waals surface area contributed by atoms with Crippen LogP contribution in [0, 0.1) is 5.92 Å². The second-order valence-corrected chi connectivity index (χ2v) is 8.82. The molecule has 0 fully saturated rings. The van der Waals surface area contributed by atoms with Crippen LogP contribution in [0.4, 0.5) is 5.69 Å². The van der Waals surface area contributed by atoms with Gasteiger partial charge in [0.2, 0.25) is 0 Å². The van der Waals surface area contributed by atoms with Crippen molar-refractivity contribution in [3.63, 3.8) is 0 Å². The van der Waals surface area contributed by atoms with Crippen molar-refractivity contribution in [3.8, 4) is 0 Å². The van der Waals surface area contributed by atoms with E-state index in [4.69, 9.17) is 5.73 Å². The summed E-state index contributed by atoms with van der Waals surface area (Å²) in [6, 6.07) is 5.35. The van der Waals surface area contributed by atoms with E-state index in [1.807, 2.05) is 0 Å². The summed E-state index contributed by atoms with van der Waals surface area (Å²) in [6.45, 7) is 3.44. The Labute approximate surface area is 119 Å². The molecule has 1 unspecified atom stereocenters. The van der Waals surface area contributed by atoms with Crippen LogP contribution in [-0.2, 0) is 14.4 Å². The lowest BCUT2D eigenvalue weighted by Crippen LogP contribution is -2.29. The van der Waals surface area contributed by atoms with E-state index in [0.717, 1.165) is 0 Å². The average molecular weight is 321 g/mol. The van der Waals surface area contributed by atoms with Crippen molar-refractivity contribution in [2.75, 3.05) is 5.73 Å². The molecule has 0 spiro atoms. The van der Waals surface area contributed by atoms with Gasteiger partial charge in [-0.1, -0.05) is 26.7 Å². The number of hydrogen-bond acceptors (Lipinski definition) is 4. The monoisotopic (exact) mass is 321 g/mol. The zero-order chi connectivity index (χ0) is 15.6. The Kier molecular flexibility index (Phi) is 5.38. The van der Waals surface area contributed by atoms with Gasteiger partial charge in [-0.05, 0) is 30.2 Å². The summed E-state index contributed by atoms with van der Waals surface area (Å²) in [6.07, 6.45) is 0.751. The maximum Gasteiger partial charge on any atom is 0.344 e. The highest BCUT2D eigenvalue weighted by atomic mass is 32.2. The van der Waals surface area contributed by atoms with Crippen molar-refractivity contribution in [2.24, 2.45) is 5.92 Å². The maximum absolute atomic E-state index is 12.5. The highest BCUT2D eigenvalue weighted by molar-refractivity contribution is 7.98. The summed E-state index contributed by atoms with van der Waals surface area (Å²) in [5.41, 5.74) is 5.88. The van der Waals surface area contributed by atoms with Crippen molar-refractivity contribution in [1.82, 2.24) is 0 Å². The molecule has 0 saturated carbocycles. The summed E-state index contributed by atoms with van der Waals surface area (Å²) >= 11 is 0. The van der Waals surface area contributed by atoms with Crippen LogP contribution in [0.25, 0.3) is 0 Å². The summed E-state index contributed by atoms with van der Waals surface area (Å²) in [7, 11) is -8.90. The molecule has 1 aromatic carbocycles. The molecule has 0 aromatic heterocycles. The molecule has 0 heterocycles. The molecule has 114 valence electrons. The molecule has 0 aliphatic rings. The number of nitrogens with two attached hydrogens (primary N) is 1. The summed E-state index contributed by atoms with van der Waals surface area (Å²) in [5.74, 6) is -0.599. The Balaban J connectivity index is 3.39. The van der Waals surface area contributed by atoms with Crippen LogP contribution in [0.2, 0.25) is 0 Å². The van der Waals surface area contributed by atoms with Crippen LogP contribution < -0.4 is 5.73 Å². The lowest BCUT2D eigenvalue weighted by atomic mass is 10.1. The lowest BCUT2D eigenvalue weighted by Gasteiger charge is -2.26. The molecule has 1 atom stereocenters. The molecule has 20 heavy (non-hydrogen) atoms. The van der Waals surface area contributed by atoms with Gasteiger partial charge in [-0.15, -0.1) is 0 Å². The maximum atomic E-state index is 12.5. The highest BCUT2D eigenvalue weighted by Crippen LogP contribution is 2.51. The number of hydrogen-bond donors (Lipinski definition) is 3. The minimum Gasteiger partial charge on any atom is -0.399 e. The van der Waals surface area contributed by atoms with Gasteiger partial charge < -0.3 is 15.5 Å². The van der Waals surface area contributed by atoms with Gasteiger partial charge in [-0.25, -0.2) is 8.42 Å². The van der Waals surface area contributed by atoms with E-state index in [-0.39, 0.29) is 4.90 Å². The van der Waals surface area contributed by atoms with E-state index in [9.17, 15) is 22.8 Å². The first-order valence-corrected chi connectivity index (χ1v) is 9.52. The van der Waals surface area contributed by atoms with Gasteiger partial charge in [0.25, 0.3) is 0 Å². The third-order valence-corrected chi connectivity index (χ3v) is 8.00. The Bertz CT molecular complexity index is 589. The van der Waals surface area contributed by atoms with Crippen molar-refractivity contribution in [1.29, 1.82) is 0 Å². The number of nitrogen functional groups attached to an aromatic ring is 1. The van der Waals surface area contributed by atoms with Gasteiger partial charge in [0.05, 0.1) is 4.90 Å². The third-order valence-electron chi connectivity index (χ3n) is 3.31. The van der Waals surface area contributed by atoms with Crippen molar-refractivity contribution < 1.29 is 22.8 Å². The molecule has 0 aliphatic heterocycles. The molecule has 0 amide bonds. The summed E-state index contributed by atoms with van der Waals surface area (Å²) < 4.78 is 36.7. The molecule has 8 heteroatoms. The van der Waals surface area contributed by atoms with Crippen molar-refractivity contribution in [3.05, 3.63) is 24.3 Å². The third kappa shape index (κ3) is 3.61. The van der Waals surface area contributed by atoms with Crippen LogP contribution in [0.1, 0.15) is 26.7 Å². The van der Waals surface area contributed by atoms with E-state index >= 15 is 0 Å². The van der Waals surface area contributed by atoms with Crippen LogP contribution in [0.3, 0.4) is 0 Å². The molecular formula is C12H20NO5PS. The molecular weight excluding hydrogens is 301 g/mol. The molecule has 0 saturated heterocycles.